The lowest BCUT2D eigenvalue weighted by molar-refractivity contribution is -0.140. The van der Waals surface area contributed by atoms with Gasteiger partial charge in [0.2, 0.25) is 21.8 Å². The van der Waals surface area contributed by atoms with Gasteiger partial charge in [0.05, 0.1) is 11.9 Å². The van der Waals surface area contributed by atoms with Crippen LogP contribution in [0.2, 0.25) is 0 Å². The van der Waals surface area contributed by atoms with Crippen LogP contribution in [-0.2, 0) is 26.2 Å². The van der Waals surface area contributed by atoms with E-state index in [0.717, 1.165) is 23.8 Å². The van der Waals surface area contributed by atoms with Crippen LogP contribution >= 0.6 is 0 Å². The quantitative estimate of drug-likeness (QED) is 0.474. The molecule has 0 aromatic heterocycles. The zero-order valence-corrected chi connectivity index (χ0v) is 22.0. The summed E-state index contributed by atoms with van der Waals surface area (Å²) in [6.45, 7) is 7.93. The lowest BCUT2D eigenvalue weighted by atomic mass is 10.1. The molecule has 0 spiro atoms. The number of sulfonamides is 1. The van der Waals surface area contributed by atoms with Gasteiger partial charge in [-0.25, -0.2) is 12.8 Å². The Morgan fingerprint density at radius 1 is 1.09 bits per heavy atom. The summed E-state index contributed by atoms with van der Waals surface area (Å²) < 4.78 is 40.5. The fourth-order valence-corrected chi connectivity index (χ4v) is 4.63. The van der Waals surface area contributed by atoms with Gasteiger partial charge in [0.1, 0.15) is 11.9 Å². The molecule has 0 aliphatic heterocycles. The highest BCUT2D eigenvalue weighted by Gasteiger charge is 2.27. The topological polar surface area (TPSA) is 86.8 Å². The lowest BCUT2D eigenvalue weighted by Gasteiger charge is -2.29. The Morgan fingerprint density at radius 2 is 1.77 bits per heavy atom. The molecule has 2 aromatic rings. The molecular weight excluding hydrogens is 469 g/mol. The number of hydrogen-bond donors (Lipinski definition) is 1. The van der Waals surface area contributed by atoms with E-state index in [9.17, 15) is 22.4 Å². The Bertz CT molecular complexity index is 1140. The van der Waals surface area contributed by atoms with E-state index in [2.05, 4.69) is 5.32 Å². The fourth-order valence-electron chi connectivity index (χ4n) is 3.67. The highest BCUT2D eigenvalue weighted by atomic mass is 32.2. The van der Waals surface area contributed by atoms with Crippen molar-refractivity contribution < 1.29 is 22.4 Å². The molecule has 0 heterocycles. The molecule has 0 unspecified atom stereocenters. The van der Waals surface area contributed by atoms with E-state index in [1.165, 1.54) is 15.3 Å². The molecule has 0 saturated carbocycles. The maximum Gasteiger partial charge on any atom is 0.242 e. The molecule has 2 amide bonds. The normalized spacial score (nSPS) is 12.2. The Labute approximate surface area is 208 Å². The second-order valence-electron chi connectivity index (χ2n) is 8.79. The fraction of sp³-hybridized carbons (Fsp3) is 0.462. The Morgan fingerprint density at radius 3 is 2.37 bits per heavy atom. The van der Waals surface area contributed by atoms with E-state index < -0.39 is 21.9 Å². The number of amides is 2. The number of benzene rings is 2. The third-order valence-electron chi connectivity index (χ3n) is 5.95. The van der Waals surface area contributed by atoms with Gasteiger partial charge in [0, 0.05) is 31.6 Å². The van der Waals surface area contributed by atoms with Crippen LogP contribution in [0.4, 0.5) is 10.1 Å². The first kappa shape index (κ1) is 28.3. The predicted molar refractivity (Wildman–Crippen MR) is 137 cm³/mol. The van der Waals surface area contributed by atoms with Crippen molar-refractivity contribution in [1.29, 1.82) is 0 Å². The second kappa shape index (κ2) is 12.7. The van der Waals surface area contributed by atoms with Crippen LogP contribution in [0.25, 0.3) is 0 Å². The zero-order chi connectivity index (χ0) is 26.2. The Balaban J connectivity index is 2.18. The molecule has 2 aromatic carbocycles. The summed E-state index contributed by atoms with van der Waals surface area (Å²) in [5, 5.41) is 2.78. The minimum atomic E-state index is -3.57. The first-order chi connectivity index (χ1) is 16.5. The number of aryl methyl sites for hydroxylation is 2. The van der Waals surface area contributed by atoms with Crippen molar-refractivity contribution in [2.24, 2.45) is 0 Å². The van der Waals surface area contributed by atoms with Crippen LogP contribution in [0.15, 0.2) is 42.5 Å². The van der Waals surface area contributed by atoms with Crippen molar-refractivity contribution in [1.82, 2.24) is 10.2 Å². The van der Waals surface area contributed by atoms with E-state index in [1.807, 2.05) is 32.9 Å². The summed E-state index contributed by atoms with van der Waals surface area (Å²) in [5.41, 5.74) is 2.87. The number of rotatable bonds is 12. The first-order valence-corrected chi connectivity index (χ1v) is 13.7. The molecule has 0 saturated heterocycles. The molecule has 0 aliphatic rings. The predicted octanol–water partition coefficient (Wildman–Crippen LogP) is 3.93. The Kier molecular flexibility index (Phi) is 10.2. The first-order valence-electron chi connectivity index (χ1n) is 11.8. The van der Waals surface area contributed by atoms with Crippen molar-refractivity contribution in [3.8, 4) is 0 Å². The van der Waals surface area contributed by atoms with Crippen LogP contribution < -0.4 is 9.62 Å². The average Bonchev–Trinajstić information content (AvgIpc) is 2.80. The monoisotopic (exact) mass is 505 g/mol. The van der Waals surface area contributed by atoms with Crippen LogP contribution in [-0.4, -0.2) is 50.5 Å². The van der Waals surface area contributed by atoms with Crippen molar-refractivity contribution in [3.05, 3.63) is 65.0 Å². The van der Waals surface area contributed by atoms with Crippen LogP contribution in [0.3, 0.4) is 0 Å². The van der Waals surface area contributed by atoms with Crippen molar-refractivity contribution in [2.75, 3.05) is 23.7 Å². The standard InChI is InChI=1S/C26H36FN3O4S/c1-6-15-28-26(32)21(4)29(18-22-10-7-8-11-24(22)27)25(31)12-9-16-30(35(5,33)34)23-14-13-19(2)20(3)17-23/h7-8,10-11,13-14,17,21H,6,9,12,15-16,18H2,1-5H3,(H,28,32)/t21-/m0/s1. The van der Waals surface area contributed by atoms with E-state index in [1.54, 1.807) is 31.2 Å². The molecule has 0 bridgehead atoms. The highest BCUT2D eigenvalue weighted by Crippen LogP contribution is 2.22. The molecule has 7 nitrogen and oxygen atoms in total. The number of hydrogen-bond acceptors (Lipinski definition) is 4. The summed E-state index contributed by atoms with van der Waals surface area (Å²) in [6, 6.07) is 10.7. The van der Waals surface area contributed by atoms with Crippen molar-refractivity contribution in [2.45, 2.75) is 59.5 Å². The third-order valence-corrected chi connectivity index (χ3v) is 7.14. The van der Waals surface area contributed by atoms with Gasteiger partial charge in [-0.15, -0.1) is 0 Å². The van der Waals surface area contributed by atoms with Crippen molar-refractivity contribution in [3.63, 3.8) is 0 Å². The number of nitrogens with zero attached hydrogens (tertiary/aromatic N) is 2. The zero-order valence-electron chi connectivity index (χ0n) is 21.2. The van der Waals surface area contributed by atoms with Crippen LogP contribution in [0.5, 0.6) is 0 Å². The number of carbonyl (C=O) groups excluding carboxylic acids is 2. The van der Waals surface area contributed by atoms with Gasteiger partial charge >= 0.3 is 0 Å². The minimum absolute atomic E-state index is 0.0106. The number of nitrogens with one attached hydrogen (secondary N) is 1. The molecule has 1 N–H and O–H groups in total. The van der Waals surface area contributed by atoms with Crippen LogP contribution in [0.1, 0.15) is 49.8 Å². The molecule has 0 fully saturated rings. The highest BCUT2D eigenvalue weighted by molar-refractivity contribution is 7.92. The molecule has 0 aliphatic carbocycles. The van der Waals surface area contributed by atoms with Crippen LogP contribution in [0, 0.1) is 19.7 Å². The summed E-state index contributed by atoms with van der Waals surface area (Å²) in [4.78, 5) is 27.1. The molecule has 35 heavy (non-hydrogen) atoms. The second-order valence-corrected chi connectivity index (χ2v) is 10.7. The molecule has 0 radical (unpaired) electrons. The maximum atomic E-state index is 14.3. The smallest absolute Gasteiger partial charge is 0.242 e. The average molecular weight is 506 g/mol. The van der Waals surface area contributed by atoms with Gasteiger partial charge in [-0.1, -0.05) is 31.2 Å². The van der Waals surface area contributed by atoms with E-state index in [4.69, 9.17) is 0 Å². The number of carbonyl (C=O) groups is 2. The summed E-state index contributed by atoms with van der Waals surface area (Å²) in [6.07, 6.45) is 2.14. The van der Waals surface area contributed by atoms with Gasteiger partial charge < -0.3 is 10.2 Å². The van der Waals surface area contributed by atoms with E-state index >= 15 is 0 Å². The molecule has 9 heteroatoms. The summed E-state index contributed by atoms with van der Waals surface area (Å²) in [7, 11) is -3.57. The van der Waals surface area contributed by atoms with Gasteiger partial charge in [0.15, 0.2) is 0 Å². The molecule has 1 atom stereocenters. The largest absolute Gasteiger partial charge is 0.354 e. The minimum Gasteiger partial charge on any atom is -0.354 e. The van der Waals surface area contributed by atoms with Gasteiger partial charge in [-0.2, -0.15) is 0 Å². The maximum absolute atomic E-state index is 14.3. The summed E-state index contributed by atoms with van der Waals surface area (Å²) >= 11 is 0. The van der Waals surface area contributed by atoms with E-state index in [0.29, 0.717) is 17.8 Å². The number of anilines is 1. The SMILES string of the molecule is CCCNC(=O)[C@H](C)N(Cc1ccccc1F)C(=O)CCCN(c1ccc(C)c(C)c1)S(C)(=O)=O. The van der Waals surface area contributed by atoms with Gasteiger partial charge in [-0.3, -0.25) is 13.9 Å². The summed E-state index contributed by atoms with van der Waals surface area (Å²) in [5.74, 6) is -1.12. The van der Waals surface area contributed by atoms with Gasteiger partial charge in [-0.05, 0) is 62.9 Å². The lowest BCUT2D eigenvalue weighted by Crippen LogP contribution is -2.48. The van der Waals surface area contributed by atoms with Gasteiger partial charge in [0.25, 0.3) is 0 Å². The molecule has 2 rings (SSSR count). The van der Waals surface area contributed by atoms with E-state index in [-0.39, 0.29) is 37.7 Å². The van der Waals surface area contributed by atoms with Crippen molar-refractivity contribution >= 4 is 27.5 Å². The molecular formula is C26H36FN3O4S. The number of halogens is 1. The Hall–Kier alpha value is -2.94. The third kappa shape index (κ3) is 8.06. The molecule has 192 valence electrons.